The number of hydrogen-bond acceptors (Lipinski definition) is 3. The molecule has 2 aromatic rings. The van der Waals surface area contributed by atoms with Crippen molar-refractivity contribution in [1.29, 1.82) is 0 Å². The Kier molecular flexibility index (Phi) is 4.29. The molecule has 1 saturated carbocycles. The summed E-state index contributed by atoms with van der Waals surface area (Å²) in [6.07, 6.45) is 6.67. The zero-order valence-corrected chi connectivity index (χ0v) is 14.1. The van der Waals surface area contributed by atoms with E-state index in [1.54, 1.807) is 12.3 Å². The van der Waals surface area contributed by atoms with Gasteiger partial charge in [0.25, 0.3) is 5.91 Å². The van der Waals surface area contributed by atoms with Gasteiger partial charge in [0.2, 0.25) is 0 Å². The highest BCUT2D eigenvalue weighted by atomic mass is 16.2. The van der Waals surface area contributed by atoms with Crippen LogP contribution in [0.25, 0.3) is 10.9 Å². The van der Waals surface area contributed by atoms with Crippen molar-refractivity contribution in [2.45, 2.75) is 44.2 Å². The molecule has 3 amide bonds. The number of amides is 3. The average Bonchev–Trinajstić information content (AvgIpc) is 3.07. The fourth-order valence-electron chi connectivity index (χ4n) is 3.47. The Bertz CT molecular complexity index is 775. The molecule has 1 aliphatic heterocycles. The van der Waals surface area contributed by atoms with Crippen molar-refractivity contribution in [3.05, 3.63) is 30.0 Å². The summed E-state index contributed by atoms with van der Waals surface area (Å²) in [5.74, 6) is -0.0905. The average molecular weight is 341 g/mol. The van der Waals surface area contributed by atoms with Gasteiger partial charge in [-0.15, -0.1) is 0 Å². The summed E-state index contributed by atoms with van der Waals surface area (Å²) < 4.78 is 0. The lowest BCUT2D eigenvalue weighted by Crippen LogP contribution is -2.52. The number of nitrogens with zero attached hydrogens (tertiary/aromatic N) is 2. The predicted octanol–water partition coefficient (Wildman–Crippen LogP) is 2.02. The molecule has 2 fully saturated rings. The summed E-state index contributed by atoms with van der Waals surface area (Å²) in [4.78, 5) is 26.6. The molecular weight excluding hydrogens is 318 g/mol. The van der Waals surface area contributed by atoms with Crippen LogP contribution in [-0.4, -0.2) is 52.2 Å². The Morgan fingerprint density at radius 3 is 2.56 bits per heavy atom. The van der Waals surface area contributed by atoms with E-state index in [1.165, 1.54) is 6.42 Å². The third kappa shape index (κ3) is 3.31. The molecule has 0 spiro atoms. The third-order valence-corrected chi connectivity index (χ3v) is 5.27. The molecule has 1 saturated heterocycles. The van der Waals surface area contributed by atoms with Crippen LogP contribution in [0.4, 0.5) is 4.79 Å². The van der Waals surface area contributed by atoms with Crippen molar-refractivity contribution in [2.75, 3.05) is 13.1 Å². The summed E-state index contributed by atoms with van der Waals surface area (Å²) in [6.45, 7) is 1.36. The summed E-state index contributed by atoms with van der Waals surface area (Å²) in [5.41, 5.74) is 1.37. The smallest absolute Gasteiger partial charge is 0.317 e. The summed E-state index contributed by atoms with van der Waals surface area (Å²) in [5, 5.41) is 14.0. The maximum atomic E-state index is 12.6. The molecule has 7 nitrogen and oxygen atoms in total. The molecule has 132 valence electrons. The van der Waals surface area contributed by atoms with Crippen LogP contribution in [0.1, 0.15) is 42.5 Å². The number of urea groups is 1. The highest BCUT2D eigenvalue weighted by molar-refractivity contribution is 6.05. The Hall–Kier alpha value is -2.57. The quantitative estimate of drug-likeness (QED) is 0.798. The molecule has 2 heterocycles. The molecule has 1 aliphatic carbocycles. The molecule has 4 rings (SSSR count). The van der Waals surface area contributed by atoms with Gasteiger partial charge in [-0.1, -0.05) is 12.1 Å². The molecule has 0 unspecified atom stereocenters. The first-order chi connectivity index (χ1) is 12.2. The third-order valence-electron chi connectivity index (χ3n) is 5.27. The molecule has 1 aromatic heterocycles. The Labute approximate surface area is 146 Å². The minimum Gasteiger partial charge on any atom is -0.349 e. The number of para-hydroxylation sites is 1. The lowest BCUT2D eigenvalue weighted by molar-refractivity contribution is 0.0918. The number of carbonyl (C=O) groups excluding carboxylic acids is 2. The first-order valence-electron chi connectivity index (χ1n) is 8.99. The van der Waals surface area contributed by atoms with Crippen LogP contribution in [0.2, 0.25) is 0 Å². The number of likely N-dealkylation sites (tertiary alicyclic amines) is 1. The first-order valence-corrected chi connectivity index (χ1v) is 8.99. The van der Waals surface area contributed by atoms with Gasteiger partial charge in [-0.3, -0.25) is 9.89 Å². The molecule has 7 heteroatoms. The number of nitrogens with one attached hydrogen (secondary N) is 3. The second-order valence-electron chi connectivity index (χ2n) is 6.95. The molecular formula is C18H23N5O2. The van der Waals surface area contributed by atoms with Crippen molar-refractivity contribution in [2.24, 2.45) is 0 Å². The maximum Gasteiger partial charge on any atom is 0.317 e. The van der Waals surface area contributed by atoms with Gasteiger partial charge in [-0.2, -0.15) is 5.10 Å². The van der Waals surface area contributed by atoms with Gasteiger partial charge >= 0.3 is 6.03 Å². The van der Waals surface area contributed by atoms with Gasteiger partial charge in [0, 0.05) is 30.6 Å². The van der Waals surface area contributed by atoms with Gasteiger partial charge in [0.15, 0.2) is 0 Å². The number of H-pyrrole nitrogens is 1. The van der Waals surface area contributed by atoms with E-state index in [0.717, 1.165) is 36.6 Å². The van der Waals surface area contributed by atoms with Crippen molar-refractivity contribution in [1.82, 2.24) is 25.7 Å². The topological polar surface area (TPSA) is 90.1 Å². The van der Waals surface area contributed by atoms with Crippen LogP contribution >= 0.6 is 0 Å². The van der Waals surface area contributed by atoms with Crippen molar-refractivity contribution >= 4 is 22.8 Å². The molecule has 0 bridgehead atoms. The van der Waals surface area contributed by atoms with Crippen LogP contribution in [-0.2, 0) is 0 Å². The molecule has 25 heavy (non-hydrogen) atoms. The lowest BCUT2D eigenvalue weighted by atomic mass is 9.93. The number of rotatable bonds is 3. The van der Waals surface area contributed by atoms with E-state index in [9.17, 15) is 9.59 Å². The van der Waals surface area contributed by atoms with E-state index >= 15 is 0 Å². The van der Waals surface area contributed by atoms with Crippen LogP contribution in [0.5, 0.6) is 0 Å². The van der Waals surface area contributed by atoms with E-state index in [2.05, 4.69) is 20.8 Å². The van der Waals surface area contributed by atoms with E-state index in [-0.39, 0.29) is 18.0 Å². The number of carbonyl (C=O) groups is 2. The fourth-order valence-corrected chi connectivity index (χ4v) is 3.47. The second-order valence-corrected chi connectivity index (χ2v) is 6.95. The lowest BCUT2D eigenvalue weighted by Gasteiger charge is -2.35. The summed E-state index contributed by atoms with van der Waals surface area (Å²) >= 11 is 0. The highest BCUT2D eigenvalue weighted by Crippen LogP contribution is 2.20. The minimum absolute atomic E-state index is 0.0386. The van der Waals surface area contributed by atoms with Crippen LogP contribution < -0.4 is 10.6 Å². The molecule has 1 aromatic carbocycles. The largest absolute Gasteiger partial charge is 0.349 e. The van der Waals surface area contributed by atoms with Crippen molar-refractivity contribution < 1.29 is 9.59 Å². The molecule has 3 N–H and O–H groups in total. The Morgan fingerprint density at radius 1 is 1.08 bits per heavy atom. The standard InChI is InChI=1S/C18H23N5O2/c24-17(15-6-1-3-12-11-19-22-16(12)15)20-14-7-9-23(10-8-14)18(25)21-13-4-2-5-13/h1,3,6,11,13-14H,2,4-5,7-10H2,(H,19,22)(H,20,24)(H,21,25). The van der Waals surface area contributed by atoms with Crippen molar-refractivity contribution in [3.63, 3.8) is 0 Å². The first kappa shape index (κ1) is 15.9. The number of hydrogen-bond donors (Lipinski definition) is 3. The highest BCUT2D eigenvalue weighted by Gasteiger charge is 2.27. The van der Waals surface area contributed by atoms with E-state index < -0.39 is 0 Å². The number of fused-ring (bicyclic) bond motifs is 1. The van der Waals surface area contributed by atoms with Crippen LogP contribution in [0.15, 0.2) is 24.4 Å². The van der Waals surface area contributed by atoms with Gasteiger partial charge in [-0.25, -0.2) is 4.79 Å². The van der Waals surface area contributed by atoms with Gasteiger partial charge in [0.1, 0.15) is 0 Å². The minimum atomic E-state index is -0.0905. The molecule has 0 atom stereocenters. The van der Waals surface area contributed by atoms with E-state index in [0.29, 0.717) is 24.7 Å². The van der Waals surface area contributed by atoms with Gasteiger partial charge < -0.3 is 15.5 Å². The zero-order valence-electron chi connectivity index (χ0n) is 14.1. The normalized spacial score (nSPS) is 18.8. The van der Waals surface area contributed by atoms with Crippen molar-refractivity contribution in [3.8, 4) is 0 Å². The summed E-state index contributed by atoms with van der Waals surface area (Å²) in [6, 6.07) is 6.08. The predicted molar refractivity (Wildman–Crippen MR) is 94.3 cm³/mol. The fraction of sp³-hybridized carbons (Fsp3) is 0.500. The number of benzene rings is 1. The van der Waals surface area contributed by atoms with Crippen LogP contribution in [0, 0.1) is 0 Å². The van der Waals surface area contributed by atoms with Crippen LogP contribution in [0.3, 0.4) is 0 Å². The monoisotopic (exact) mass is 341 g/mol. The van der Waals surface area contributed by atoms with E-state index in [4.69, 9.17) is 0 Å². The molecule has 2 aliphatic rings. The van der Waals surface area contributed by atoms with E-state index in [1.807, 2.05) is 17.0 Å². The second kappa shape index (κ2) is 6.74. The Balaban J connectivity index is 1.31. The summed E-state index contributed by atoms with van der Waals surface area (Å²) in [7, 11) is 0. The van der Waals surface area contributed by atoms with Gasteiger partial charge in [-0.05, 0) is 38.2 Å². The number of aromatic amines is 1. The van der Waals surface area contributed by atoms with Gasteiger partial charge in [0.05, 0.1) is 17.3 Å². The number of aromatic nitrogens is 2. The zero-order chi connectivity index (χ0) is 17.2. The number of piperidine rings is 1. The molecule has 0 radical (unpaired) electrons. The SMILES string of the molecule is O=C(NC1CCN(C(=O)NC2CCC2)CC1)c1cccc2cn[nH]c12. The Morgan fingerprint density at radius 2 is 1.84 bits per heavy atom. The maximum absolute atomic E-state index is 12.6.